The molecule has 3 N–H and O–H groups in total. The topological polar surface area (TPSA) is 120 Å². The number of likely N-dealkylation sites (tertiary alicyclic amines) is 1. The highest BCUT2D eigenvalue weighted by Gasteiger charge is 2.25. The Morgan fingerprint density at radius 1 is 1.09 bits per heavy atom. The molecule has 2 fully saturated rings. The molecule has 0 aliphatic carbocycles. The molecule has 0 bridgehead atoms. The quantitative estimate of drug-likeness (QED) is 0.404. The number of amides is 3. The maximum atomic E-state index is 12.5. The Hall–Kier alpha value is -2.69. The van der Waals surface area contributed by atoms with Crippen LogP contribution in [0, 0.1) is 5.92 Å². The molecule has 2 saturated heterocycles. The summed E-state index contributed by atoms with van der Waals surface area (Å²) in [6, 6.07) is 9.22. The standard InChI is InChI=1S/C25H38N4O6/c30-23(19-34-17-20-4-2-1-3-5-20)29(16-24(31)32)15-12-27-25(33)28-13-8-22(9-14-28)35-18-21-6-10-26-11-7-21/h1-5,21-22,26H,6-19H2,(H,27,33)(H,31,32). The van der Waals surface area contributed by atoms with Crippen LogP contribution >= 0.6 is 0 Å². The van der Waals surface area contributed by atoms with Gasteiger partial charge in [-0.3, -0.25) is 9.59 Å². The number of carboxylic acid groups (broad SMARTS) is 1. The molecule has 35 heavy (non-hydrogen) atoms. The van der Waals surface area contributed by atoms with Gasteiger partial charge < -0.3 is 35.0 Å². The van der Waals surface area contributed by atoms with E-state index < -0.39 is 18.4 Å². The number of rotatable bonds is 12. The molecule has 2 aliphatic heterocycles. The van der Waals surface area contributed by atoms with Crippen molar-refractivity contribution in [3.8, 4) is 0 Å². The second-order valence-corrected chi connectivity index (χ2v) is 9.13. The molecule has 0 saturated carbocycles. The molecule has 1 aromatic carbocycles. The van der Waals surface area contributed by atoms with E-state index in [9.17, 15) is 14.4 Å². The zero-order chi connectivity index (χ0) is 24.9. The van der Waals surface area contributed by atoms with E-state index in [0.717, 1.165) is 50.9 Å². The van der Waals surface area contributed by atoms with Gasteiger partial charge in [-0.1, -0.05) is 30.3 Å². The summed E-state index contributed by atoms with van der Waals surface area (Å²) >= 11 is 0. The van der Waals surface area contributed by atoms with Gasteiger partial charge in [0.2, 0.25) is 5.91 Å². The Balaban J connectivity index is 1.32. The first kappa shape index (κ1) is 26.9. The Morgan fingerprint density at radius 2 is 1.80 bits per heavy atom. The summed E-state index contributed by atoms with van der Waals surface area (Å²) in [6.07, 6.45) is 4.11. The predicted molar refractivity (Wildman–Crippen MR) is 130 cm³/mol. The first-order valence-electron chi connectivity index (χ1n) is 12.5. The van der Waals surface area contributed by atoms with Gasteiger partial charge in [0.1, 0.15) is 13.2 Å². The average Bonchev–Trinajstić information content (AvgIpc) is 2.88. The second-order valence-electron chi connectivity index (χ2n) is 9.13. The number of nitrogens with one attached hydrogen (secondary N) is 2. The van der Waals surface area contributed by atoms with Crippen molar-refractivity contribution in [2.75, 3.05) is 59.0 Å². The number of carbonyl (C=O) groups is 3. The lowest BCUT2D eigenvalue weighted by Crippen LogP contribution is -2.48. The van der Waals surface area contributed by atoms with E-state index in [-0.39, 0.29) is 38.4 Å². The van der Waals surface area contributed by atoms with Gasteiger partial charge in [0.25, 0.3) is 0 Å². The van der Waals surface area contributed by atoms with Gasteiger partial charge in [0, 0.05) is 32.8 Å². The number of piperidine rings is 2. The number of ether oxygens (including phenoxy) is 2. The van der Waals surface area contributed by atoms with Crippen LogP contribution < -0.4 is 10.6 Å². The molecule has 3 rings (SSSR count). The third kappa shape index (κ3) is 9.83. The third-order valence-electron chi connectivity index (χ3n) is 6.43. The average molecular weight is 491 g/mol. The summed E-state index contributed by atoms with van der Waals surface area (Å²) < 4.78 is 11.5. The van der Waals surface area contributed by atoms with Crippen molar-refractivity contribution in [3.63, 3.8) is 0 Å². The molecule has 0 spiro atoms. The summed E-state index contributed by atoms with van der Waals surface area (Å²) in [7, 11) is 0. The van der Waals surface area contributed by atoms with Crippen molar-refractivity contribution >= 4 is 17.9 Å². The fraction of sp³-hybridized carbons (Fsp3) is 0.640. The van der Waals surface area contributed by atoms with E-state index in [1.807, 2.05) is 30.3 Å². The van der Waals surface area contributed by atoms with Crippen LogP contribution in [0.4, 0.5) is 4.79 Å². The number of hydrogen-bond acceptors (Lipinski definition) is 6. The smallest absolute Gasteiger partial charge is 0.323 e. The fourth-order valence-corrected chi connectivity index (χ4v) is 4.33. The van der Waals surface area contributed by atoms with Gasteiger partial charge in [0.05, 0.1) is 12.7 Å². The lowest BCUT2D eigenvalue weighted by atomic mass is 9.99. The lowest BCUT2D eigenvalue weighted by Gasteiger charge is -2.33. The van der Waals surface area contributed by atoms with E-state index in [1.165, 1.54) is 4.90 Å². The van der Waals surface area contributed by atoms with Crippen LogP contribution in [0.15, 0.2) is 30.3 Å². The maximum absolute atomic E-state index is 12.5. The molecule has 3 amide bonds. The molecule has 0 atom stereocenters. The first-order valence-corrected chi connectivity index (χ1v) is 12.5. The minimum atomic E-state index is -1.11. The number of carbonyl (C=O) groups excluding carboxylic acids is 2. The highest BCUT2D eigenvalue weighted by molar-refractivity contribution is 5.82. The van der Waals surface area contributed by atoms with Crippen molar-refractivity contribution in [1.29, 1.82) is 0 Å². The highest BCUT2D eigenvalue weighted by Crippen LogP contribution is 2.18. The molecule has 10 nitrogen and oxygen atoms in total. The molecule has 0 radical (unpaired) electrons. The Morgan fingerprint density at radius 3 is 2.49 bits per heavy atom. The molecule has 10 heteroatoms. The number of hydrogen-bond donors (Lipinski definition) is 3. The van der Waals surface area contributed by atoms with Gasteiger partial charge in [-0.15, -0.1) is 0 Å². The molecule has 0 aromatic heterocycles. The second kappa shape index (κ2) is 14.7. The van der Waals surface area contributed by atoms with Crippen LogP contribution in [0.2, 0.25) is 0 Å². The van der Waals surface area contributed by atoms with Crippen LogP contribution in [-0.4, -0.2) is 97.9 Å². The number of carboxylic acids is 1. The third-order valence-corrected chi connectivity index (χ3v) is 6.43. The number of urea groups is 1. The summed E-state index contributed by atoms with van der Waals surface area (Å²) in [6.45, 7) is 4.02. The minimum Gasteiger partial charge on any atom is -0.480 e. The van der Waals surface area contributed by atoms with Crippen molar-refractivity contribution < 1.29 is 29.0 Å². The van der Waals surface area contributed by atoms with E-state index in [2.05, 4.69) is 10.6 Å². The van der Waals surface area contributed by atoms with E-state index >= 15 is 0 Å². The number of benzene rings is 1. The van der Waals surface area contributed by atoms with Gasteiger partial charge >= 0.3 is 12.0 Å². The largest absolute Gasteiger partial charge is 0.480 e. The van der Waals surface area contributed by atoms with Gasteiger partial charge in [0.15, 0.2) is 0 Å². The monoisotopic (exact) mass is 490 g/mol. The Bertz CT molecular complexity index is 794. The lowest BCUT2D eigenvalue weighted by molar-refractivity contribution is -0.146. The Kier molecular flexibility index (Phi) is 11.3. The molecule has 2 heterocycles. The van der Waals surface area contributed by atoms with Crippen molar-refractivity contribution in [3.05, 3.63) is 35.9 Å². The predicted octanol–water partition coefficient (Wildman–Crippen LogP) is 1.31. The van der Waals surface area contributed by atoms with Crippen LogP contribution in [0.3, 0.4) is 0 Å². The highest BCUT2D eigenvalue weighted by atomic mass is 16.5. The molecular formula is C25H38N4O6. The van der Waals surface area contributed by atoms with Gasteiger partial charge in [-0.25, -0.2) is 4.79 Å². The zero-order valence-electron chi connectivity index (χ0n) is 20.3. The zero-order valence-corrected chi connectivity index (χ0v) is 20.3. The molecule has 0 unspecified atom stereocenters. The van der Waals surface area contributed by atoms with Crippen LogP contribution in [0.1, 0.15) is 31.2 Å². The summed E-state index contributed by atoms with van der Waals surface area (Å²) in [4.78, 5) is 39.1. The number of aliphatic carboxylic acids is 1. The van der Waals surface area contributed by atoms with Crippen LogP contribution in [-0.2, 0) is 25.7 Å². The summed E-state index contributed by atoms with van der Waals surface area (Å²) in [5.74, 6) is -0.915. The molecule has 2 aliphatic rings. The SMILES string of the molecule is O=C(O)CN(CCNC(=O)N1CCC(OCC2CCNCC2)CC1)C(=O)COCc1ccccc1. The Labute approximate surface area is 206 Å². The van der Waals surface area contributed by atoms with Crippen molar-refractivity contribution in [1.82, 2.24) is 20.4 Å². The minimum absolute atomic E-state index is 0.0986. The summed E-state index contributed by atoms with van der Waals surface area (Å²) in [5, 5.41) is 15.3. The molecule has 194 valence electrons. The van der Waals surface area contributed by atoms with E-state index in [4.69, 9.17) is 14.6 Å². The maximum Gasteiger partial charge on any atom is 0.323 e. The van der Waals surface area contributed by atoms with Crippen LogP contribution in [0.25, 0.3) is 0 Å². The molecular weight excluding hydrogens is 452 g/mol. The van der Waals surface area contributed by atoms with Crippen molar-refractivity contribution in [2.45, 2.75) is 38.4 Å². The van der Waals surface area contributed by atoms with Gasteiger partial charge in [-0.2, -0.15) is 0 Å². The van der Waals surface area contributed by atoms with E-state index in [0.29, 0.717) is 19.0 Å². The van der Waals surface area contributed by atoms with Gasteiger partial charge in [-0.05, 0) is 50.3 Å². The number of nitrogens with zero attached hydrogens (tertiary/aromatic N) is 2. The normalized spacial score (nSPS) is 17.2. The fourth-order valence-electron chi connectivity index (χ4n) is 4.33. The van der Waals surface area contributed by atoms with E-state index in [1.54, 1.807) is 4.90 Å². The molecule has 1 aromatic rings. The summed E-state index contributed by atoms with van der Waals surface area (Å²) in [5.41, 5.74) is 0.929. The van der Waals surface area contributed by atoms with Crippen molar-refractivity contribution in [2.24, 2.45) is 5.92 Å². The first-order chi connectivity index (χ1) is 17.0. The van der Waals surface area contributed by atoms with Crippen LogP contribution in [0.5, 0.6) is 0 Å².